The van der Waals surface area contributed by atoms with Crippen LogP contribution in [0, 0.1) is 0 Å². The fourth-order valence-electron chi connectivity index (χ4n) is 1.19. The van der Waals surface area contributed by atoms with Crippen molar-refractivity contribution < 1.29 is 0 Å². The van der Waals surface area contributed by atoms with Crippen molar-refractivity contribution >= 4 is 11.8 Å². The topological polar surface area (TPSA) is 24.1 Å². The van der Waals surface area contributed by atoms with E-state index in [9.17, 15) is 0 Å². The average molecular weight is 146 g/mol. The quantitative estimate of drug-likeness (QED) is 0.569. The van der Waals surface area contributed by atoms with Crippen molar-refractivity contribution in [1.29, 1.82) is 0 Å². The highest BCUT2D eigenvalue weighted by Gasteiger charge is 2.23. The normalized spacial score (nSPS) is 35.3. The molecule has 1 aliphatic rings. The molecule has 2 nitrogen and oxygen atoms in total. The fourth-order valence-corrected chi connectivity index (χ4v) is 2.04. The van der Waals surface area contributed by atoms with E-state index < -0.39 is 0 Å². The molecule has 0 saturated carbocycles. The molecule has 1 saturated heterocycles. The Morgan fingerprint density at radius 3 is 2.78 bits per heavy atom. The Morgan fingerprint density at radius 1 is 1.56 bits per heavy atom. The van der Waals surface area contributed by atoms with Gasteiger partial charge < -0.3 is 10.6 Å². The van der Waals surface area contributed by atoms with Crippen LogP contribution in [-0.2, 0) is 0 Å². The second kappa shape index (κ2) is 3.44. The van der Waals surface area contributed by atoms with E-state index in [2.05, 4.69) is 16.9 Å². The molecule has 1 fully saturated rings. The summed E-state index contributed by atoms with van der Waals surface area (Å²) < 4.78 is 0. The maximum absolute atomic E-state index is 3.34. The molecule has 0 aromatic carbocycles. The molecule has 54 valence electrons. The summed E-state index contributed by atoms with van der Waals surface area (Å²) in [5, 5.41) is 7.40. The number of thioether (sulfide) groups is 1. The maximum atomic E-state index is 3.34. The summed E-state index contributed by atoms with van der Waals surface area (Å²) in [6.07, 6.45) is 2.17. The van der Waals surface area contributed by atoms with Gasteiger partial charge in [0.05, 0.1) is 0 Å². The predicted octanol–water partition coefficient (Wildman–Crippen LogP) is -0.0908. The van der Waals surface area contributed by atoms with Crippen molar-refractivity contribution in [3.8, 4) is 0 Å². The van der Waals surface area contributed by atoms with Gasteiger partial charge in [0.15, 0.2) is 0 Å². The first-order valence-electron chi connectivity index (χ1n) is 3.29. The van der Waals surface area contributed by atoms with Crippen LogP contribution in [0.1, 0.15) is 0 Å². The van der Waals surface area contributed by atoms with Crippen LogP contribution in [0.5, 0.6) is 0 Å². The van der Waals surface area contributed by atoms with E-state index in [4.69, 9.17) is 0 Å². The van der Waals surface area contributed by atoms with Gasteiger partial charge >= 0.3 is 0 Å². The summed E-state index contributed by atoms with van der Waals surface area (Å²) in [5.74, 6) is 0. The molecule has 0 amide bonds. The monoisotopic (exact) mass is 146 g/mol. The second-order valence-corrected chi connectivity index (χ2v) is 3.40. The van der Waals surface area contributed by atoms with Crippen LogP contribution < -0.4 is 10.6 Å². The Morgan fingerprint density at radius 2 is 2.33 bits per heavy atom. The lowest BCUT2D eigenvalue weighted by atomic mass is 10.3. The van der Waals surface area contributed by atoms with E-state index in [1.165, 1.54) is 0 Å². The van der Waals surface area contributed by atoms with E-state index in [0.29, 0.717) is 6.04 Å². The third-order valence-corrected chi connectivity index (χ3v) is 2.93. The molecule has 3 heteroatoms. The molecule has 0 bridgehead atoms. The molecule has 0 aromatic rings. The van der Waals surface area contributed by atoms with Crippen molar-refractivity contribution in [1.82, 2.24) is 10.6 Å². The minimum absolute atomic E-state index is 0.681. The molecule has 1 aliphatic heterocycles. The smallest absolute Gasteiger partial charge is 0.0335 e. The van der Waals surface area contributed by atoms with Crippen LogP contribution in [0.3, 0.4) is 0 Å². The Balaban J connectivity index is 2.32. The molecule has 2 N–H and O–H groups in total. The van der Waals surface area contributed by atoms with Crippen LogP contribution in [0.15, 0.2) is 0 Å². The third-order valence-electron chi connectivity index (χ3n) is 1.83. The molecule has 0 aromatic heterocycles. The predicted molar refractivity (Wildman–Crippen MR) is 43.0 cm³/mol. The molecule has 0 radical (unpaired) electrons. The van der Waals surface area contributed by atoms with E-state index in [1.807, 2.05) is 18.8 Å². The van der Waals surface area contributed by atoms with Crippen molar-refractivity contribution in [2.75, 3.05) is 26.4 Å². The van der Waals surface area contributed by atoms with E-state index in [1.54, 1.807) is 0 Å². The Labute approximate surface area is 60.8 Å². The molecular formula is C6H14N2S. The fraction of sp³-hybridized carbons (Fsp3) is 1.00. The number of rotatable bonds is 2. The number of nitrogens with one attached hydrogen (secondary N) is 2. The molecule has 1 rings (SSSR count). The van der Waals surface area contributed by atoms with Crippen molar-refractivity contribution in [3.63, 3.8) is 0 Å². The van der Waals surface area contributed by atoms with Crippen LogP contribution >= 0.6 is 11.8 Å². The standard InChI is InChI=1S/C6H14N2S/c1-7-5-3-8-4-6(5)9-2/h5-8H,3-4H2,1-2H3. The van der Waals surface area contributed by atoms with Gasteiger partial charge in [-0.05, 0) is 13.3 Å². The molecule has 9 heavy (non-hydrogen) atoms. The van der Waals surface area contributed by atoms with Gasteiger partial charge in [0.2, 0.25) is 0 Å². The first-order valence-corrected chi connectivity index (χ1v) is 4.58. The average Bonchev–Trinajstić information content (AvgIpc) is 2.33. The lowest BCUT2D eigenvalue weighted by Crippen LogP contribution is -2.34. The third kappa shape index (κ3) is 1.60. The number of likely N-dealkylation sites (N-methyl/N-ethyl adjacent to an activating group) is 1. The summed E-state index contributed by atoms with van der Waals surface area (Å²) in [7, 11) is 2.03. The van der Waals surface area contributed by atoms with Gasteiger partial charge in [-0.2, -0.15) is 11.8 Å². The number of hydrogen-bond acceptors (Lipinski definition) is 3. The SMILES string of the molecule is CNC1CNCC1SC. The molecular weight excluding hydrogens is 132 g/mol. The summed E-state index contributed by atoms with van der Waals surface area (Å²) in [6.45, 7) is 2.29. The van der Waals surface area contributed by atoms with E-state index in [-0.39, 0.29) is 0 Å². The van der Waals surface area contributed by atoms with Gasteiger partial charge in [-0.25, -0.2) is 0 Å². The maximum Gasteiger partial charge on any atom is 0.0335 e. The van der Waals surface area contributed by atoms with Crippen molar-refractivity contribution in [2.24, 2.45) is 0 Å². The van der Waals surface area contributed by atoms with Gasteiger partial charge in [-0.1, -0.05) is 0 Å². The van der Waals surface area contributed by atoms with Gasteiger partial charge in [-0.15, -0.1) is 0 Å². The van der Waals surface area contributed by atoms with E-state index >= 15 is 0 Å². The lowest BCUT2D eigenvalue weighted by molar-refractivity contribution is 0.620. The summed E-state index contributed by atoms with van der Waals surface area (Å²) in [5.41, 5.74) is 0. The zero-order valence-electron chi connectivity index (χ0n) is 5.98. The largest absolute Gasteiger partial charge is 0.315 e. The highest BCUT2D eigenvalue weighted by molar-refractivity contribution is 7.99. The molecule has 1 heterocycles. The first kappa shape index (κ1) is 7.38. The summed E-state index contributed by atoms with van der Waals surface area (Å²) in [4.78, 5) is 0. The van der Waals surface area contributed by atoms with Crippen LogP contribution in [0.2, 0.25) is 0 Å². The molecule has 2 atom stereocenters. The number of hydrogen-bond donors (Lipinski definition) is 2. The van der Waals surface area contributed by atoms with Gasteiger partial charge in [0, 0.05) is 24.4 Å². The Kier molecular flexibility index (Phi) is 2.82. The zero-order valence-corrected chi connectivity index (χ0v) is 6.79. The van der Waals surface area contributed by atoms with Crippen LogP contribution in [-0.4, -0.2) is 37.7 Å². The van der Waals surface area contributed by atoms with Gasteiger partial charge in [-0.3, -0.25) is 0 Å². The van der Waals surface area contributed by atoms with Crippen LogP contribution in [0.25, 0.3) is 0 Å². The van der Waals surface area contributed by atoms with E-state index in [0.717, 1.165) is 18.3 Å². The van der Waals surface area contributed by atoms with Crippen molar-refractivity contribution in [2.45, 2.75) is 11.3 Å². The highest BCUT2D eigenvalue weighted by Crippen LogP contribution is 2.13. The highest BCUT2D eigenvalue weighted by atomic mass is 32.2. The summed E-state index contributed by atoms with van der Waals surface area (Å²) >= 11 is 1.94. The lowest BCUT2D eigenvalue weighted by Gasteiger charge is -2.14. The van der Waals surface area contributed by atoms with Gasteiger partial charge in [0.25, 0.3) is 0 Å². The Bertz CT molecular complexity index is 77.1. The first-order chi connectivity index (χ1) is 4.38. The van der Waals surface area contributed by atoms with Crippen LogP contribution in [0.4, 0.5) is 0 Å². The second-order valence-electron chi connectivity index (χ2n) is 2.33. The molecule has 0 aliphatic carbocycles. The minimum Gasteiger partial charge on any atom is -0.315 e. The molecule has 0 spiro atoms. The van der Waals surface area contributed by atoms with Crippen molar-refractivity contribution in [3.05, 3.63) is 0 Å². The zero-order chi connectivity index (χ0) is 6.69. The molecule has 2 unspecified atom stereocenters. The summed E-state index contributed by atoms with van der Waals surface area (Å²) in [6, 6.07) is 0.681. The Hall–Kier alpha value is 0.270. The van der Waals surface area contributed by atoms with Gasteiger partial charge in [0.1, 0.15) is 0 Å². The minimum atomic E-state index is 0.681.